The van der Waals surface area contributed by atoms with Crippen LogP contribution in [0.3, 0.4) is 0 Å². The van der Waals surface area contributed by atoms with Crippen LogP contribution in [0.15, 0.2) is 0 Å². The van der Waals surface area contributed by atoms with Gasteiger partial charge in [0.2, 0.25) is 0 Å². The van der Waals surface area contributed by atoms with Gasteiger partial charge in [-0.2, -0.15) is 0 Å². The number of aliphatic hydroxyl groups is 3. The van der Waals surface area contributed by atoms with Crippen molar-refractivity contribution in [1.29, 1.82) is 0 Å². The van der Waals surface area contributed by atoms with E-state index in [1.165, 1.54) is 0 Å². The van der Waals surface area contributed by atoms with E-state index in [1.54, 1.807) is 6.92 Å². The van der Waals surface area contributed by atoms with E-state index in [-0.39, 0.29) is 12.4 Å². The molecule has 0 amide bonds. The molecule has 3 fully saturated rings. The first-order valence-electron chi connectivity index (χ1n) is 7.23. The molecule has 0 radical (unpaired) electrons. The van der Waals surface area contributed by atoms with Crippen LogP contribution in [0.5, 0.6) is 0 Å². The highest BCUT2D eigenvalue weighted by molar-refractivity contribution is 5.88. The number of aliphatic hydroxyl groups excluding tert-OH is 1. The van der Waals surface area contributed by atoms with Crippen molar-refractivity contribution < 1.29 is 20.1 Å². The van der Waals surface area contributed by atoms with E-state index in [0.29, 0.717) is 19.3 Å². The van der Waals surface area contributed by atoms with Crippen molar-refractivity contribution >= 4 is 5.78 Å². The highest BCUT2D eigenvalue weighted by atomic mass is 16.3. The molecular formula is C15H24O4. The summed E-state index contributed by atoms with van der Waals surface area (Å²) in [5.41, 5.74) is -3.28. The summed E-state index contributed by atoms with van der Waals surface area (Å²) < 4.78 is 0. The molecule has 0 aliphatic heterocycles. The molecule has 3 aliphatic rings. The first kappa shape index (κ1) is 13.5. The lowest BCUT2D eigenvalue weighted by molar-refractivity contribution is -0.292. The van der Waals surface area contributed by atoms with Crippen LogP contribution in [0, 0.1) is 22.7 Å². The molecule has 6 atom stereocenters. The normalized spacial score (nSPS) is 60.4. The molecular weight excluding hydrogens is 244 g/mol. The lowest BCUT2D eigenvalue weighted by Crippen LogP contribution is -2.76. The van der Waals surface area contributed by atoms with Gasteiger partial charge in [0, 0.05) is 23.9 Å². The van der Waals surface area contributed by atoms with Crippen LogP contribution in [0.4, 0.5) is 0 Å². The van der Waals surface area contributed by atoms with Crippen LogP contribution in [0.25, 0.3) is 0 Å². The third kappa shape index (κ3) is 1.24. The van der Waals surface area contributed by atoms with Gasteiger partial charge in [-0.05, 0) is 31.1 Å². The van der Waals surface area contributed by atoms with E-state index in [1.807, 2.05) is 13.8 Å². The lowest BCUT2D eigenvalue weighted by atomic mass is 9.40. The fourth-order valence-electron chi connectivity index (χ4n) is 5.12. The number of hydrogen-bond acceptors (Lipinski definition) is 4. The molecule has 0 aromatic rings. The predicted octanol–water partition coefficient (Wildman–Crippen LogP) is 0.876. The van der Waals surface area contributed by atoms with Gasteiger partial charge in [-0.1, -0.05) is 20.8 Å². The first-order chi connectivity index (χ1) is 8.64. The van der Waals surface area contributed by atoms with Crippen LogP contribution < -0.4 is 0 Å². The van der Waals surface area contributed by atoms with Gasteiger partial charge in [0.1, 0.15) is 5.78 Å². The largest absolute Gasteiger partial charge is 0.396 e. The molecule has 108 valence electrons. The maximum absolute atomic E-state index is 12.6. The van der Waals surface area contributed by atoms with Crippen molar-refractivity contribution in [2.75, 3.05) is 6.61 Å². The Labute approximate surface area is 113 Å². The molecule has 0 heterocycles. The maximum atomic E-state index is 12.6. The van der Waals surface area contributed by atoms with Crippen molar-refractivity contribution in [2.45, 2.75) is 57.7 Å². The van der Waals surface area contributed by atoms with Crippen molar-refractivity contribution in [3.8, 4) is 0 Å². The van der Waals surface area contributed by atoms with Gasteiger partial charge in [0.05, 0.1) is 11.2 Å². The highest BCUT2D eigenvalue weighted by Crippen LogP contribution is 2.70. The molecule has 3 rings (SSSR count). The van der Waals surface area contributed by atoms with Gasteiger partial charge in [0.25, 0.3) is 0 Å². The van der Waals surface area contributed by atoms with Crippen LogP contribution in [0.2, 0.25) is 0 Å². The van der Waals surface area contributed by atoms with Gasteiger partial charge < -0.3 is 15.3 Å². The lowest BCUT2D eigenvalue weighted by Gasteiger charge is -2.67. The Morgan fingerprint density at radius 1 is 1.21 bits per heavy atom. The number of Topliss-reactive ketones (excluding diaryl/α,β-unsaturated/α-hetero) is 1. The van der Waals surface area contributed by atoms with E-state index in [2.05, 4.69) is 0 Å². The molecule has 0 saturated heterocycles. The summed E-state index contributed by atoms with van der Waals surface area (Å²) in [7, 11) is 0. The van der Waals surface area contributed by atoms with Crippen LogP contribution in [-0.4, -0.2) is 38.9 Å². The summed E-state index contributed by atoms with van der Waals surface area (Å²) in [4.78, 5) is 12.6. The number of carbonyl (C=O) groups is 1. The summed E-state index contributed by atoms with van der Waals surface area (Å²) in [5.74, 6) is -0.887. The molecule has 0 spiro atoms. The SMILES string of the molecule is C[C@H]1C(=O)[C@@H]2C[C@](C)(CO)C[C@]2(O)[C@@]2(C)CC[C@@]12O. The third-order valence-corrected chi connectivity index (χ3v) is 6.76. The molecule has 0 aromatic carbocycles. The van der Waals surface area contributed by atoms with Crippen molar-refractivity contribution in [2.24, 2.45) is 22.7 Å². The van der Waals surface area contributed by atoms with Crippen molar-refractivity contribution in [1.82, 2.24) is 0 Å². The average Bonchev–Trinajstić information content (AvgIpc) is 2.66. The minimum atomic E-state index is -1.17. The van der Waals surface area contributed by atoms with Crippen LogP contribution >= 0.6 is 0 Å². The van der Waals surface area contributed by atoms with E-state index < -0.39 is 33.9 Å². The fourth-order valence-corrected chi connectivity index (χ4v) is 5.12. The smallest absolute Gasteiger partial charge is 0.144 e. The van der Waals surface area contributed by atoms with Crippen molar-refractivity contribution in [3.63, 3.8) is 0 Å². The Hall–Kier alpha value is -0.450. The summed E-state index contributed by atoms with van der Waals surface area (Å²) in [6.07, 6.45) is 2.25. The zero-order valence-corrected chi connectivity index (χ0v) is 11.9. The molecule has 3 N–H and O–H groups in total. The Bertz CT molecular complexity index is 449. The van der Waals surface area contributed by atoms with E-state index >= 15 is 0 Å². The standard InChI is InChI=1S/C15H24O4/c1-9-11(17)10-6-12(2,8-16)7-15(10,19)13(3)4-5-14(9,13)18/h9-10,16,18-19H,4-8H2,1-3H3/t9-,10-,12-,13-,14+,15+/m0/s1. The van der Waals surface area contributed by atoms with Crippen LogP contribution in [-0.2, 0) is 4.79 Å². The van der Waals surface area contributed by atoms with Gasteiger partial charge in [0.15, 0.2) is 0 Å². The Balaban J connectivity index is 2.10. The second-order valence-corrected chi connectivity index (χ2v) is 7.71. The fraction of sp³-hybridized carbons (Fsp3) is 0.933. The number of ketones is 1. The Morgan fingerprint density at radius 3 is 2.32 bits per heavy atom. The minimum absolute atomic E-state index is 0.0258. The van der Waals surface area contributed by atoms with E-state index in [0.717, 1.165) is 6.42 Å². The molecule has 3 saturated carbocycles. The zero-order valence-electron chi connectivity index (χ0n) is 11.9. The Morgan fingerprint density at radius 2 is 1.84 bits per heavy atom. The summed E-state index contributed by atoms with van der Waals surface area (Å²) >= 11 is 0. The molecule has 3 aliphatic carbocycles. The summed E-state index contributed by atoms with van der Waals surface area (Å²) in [6.45, 7) is 5.59. The molecule has 0 aromatic heterocycles. The molecule has 0 unspecified atom stereocenters. The average molecular weight is 268 g/mol. The molecule has 4 nitrogen and oxygen atoms in total. The maximum Gasteiger partial charge on any atom is 0.144 e. The molecule has 19 heavy (non-hydrogen) atoms. The molecule has 4 heteroatoms. The highest BCUT2D eigenvalue weighted by Gasteiger charge is 2.77. The summed E-state index contributed by atoms with van der Waals surface area (Å²) in [5, 5.41) is 31.6. The second-order valence-electron chi connectivity index (χ2n) is 7.71. The van der Waals surface area contributed by atoms with Crippen molar-refractivity contribution in [3.05, 3.63) is 0 Å². The van der Waals surface area contributed by atoms with Gasteiger partial charge in [-0.3, -0.25) is 4.79 Å². The number of carbonyl (C=O) groups excluding carboxylic acids is 1. The topological polar surface area (TPSA) is 77.8 Å². The number of fused-ring (bicyclic) bond motifs is 3. The van der Waals surface area contributed by atoms with Gasteiger partial charge in [-0.15, -0.1) is 0 Å². The van der Waals surface area contributed by atoms with Gasteiger partial charge in [-0.25, -0.2) is 0 Å². The number of rotatable bonds is 1. The predicted molar refractivity (Wildman–Crippen MR) is 69.3 cm³/mol. The quantitative estimate of drug-likeness (QED) is 0.659. The van der Waals surface area contributed by atoms with E-state index in [4.69, 9.17) is 0 Å². The third-order valence-electron chi connectivity index (χ3n) is 6.76. The molecule has 0 bridgehead atoms. The van der Waals surface area contributed by atoms with Crippen LogP contribution in [0.1, 0.15) is 46.5 Å². The Kier molecular flexibility index (Phi) is 2.43. The first-order valence-corrected chi connectivity index (χ1v) is 7.23. The second kappa shape index (κ2) is 3.41. The minimum Gasteiger partial charge on any atom is -0.396 e. The number of hydrogen-bond donors (Lipinski definition) is 3. The van der Waals surface area contributed by atoms with E-state index in [9.17, 15) is 20.1 Å². The van der Waals surface area contributed by atoms with Gasteiger partial charge >= 0.3 is 0 Å². The monoisotopic (exact) mass is 268 g/mol. The summed E-state index contributed by atoms with van der Waals surface area (Å²) in [6, 6.07) is 0. The zero-order chi connectivity index (χ0) is 14.3.